The first-order valence-electron chi connectivity index (χ1n) is 12.1. The van der Waals surface area contributed by atoms with Crippen LogP contribution in [0.5, 0.6) is 23.0 Å². The molecular formula is C31H33N2O4+. The number of ether oxygens (including phenoxy) is 4. The Morgan fingerprint density at radius 1 is 0.595 bits per heavy atom. The molecule has 0 aliphatic heterocycles. The van der Waals surface area contributed by atoms with E-state index in [1.807, 2.05) is 48.5 Å². The van der Waals surface area contributed by atoms with Crippen LogP contribution in [0.25, 0.3) is 0 Å². The number of rotatable bonds is 10. The number of benzene rings is 4. The first-order valence-corrected chi connectivity index (χ1v) is 12.1. The van der Waals surface area contributed by atoms with Crippen LogP contribution in [0.3, 0.4) is 0 Å². The molecule has 6 nitrogen and oxygen atoms in total. The lowest BCUT2D eigenvalue weighted by molar-refractivity contribution is -0.559. The van der Waals surface area contributed by atoms with Crippen LogP contribution >= 0.6 is 0 Å². The second-order valence-corrected chi connectivity index (χ2v) is 8.42. The van der Waals surface area contributed by atoms with Gasteiger partial charge in [-0.15, -0.1) is 0 Å². The standard InChI is InChI=1S/C31H32N2O4/c1-34-27-18-12-11-17-26(27)32-31(25-19-28(35-2)30(37-4)29(20-25)36-3)33(21-23-13-7-5-8-14-23)22-24-15-9-6-10-16-24/h5-20H,21-22H2,1-4H3/p+1. The van der Waals surface area contributed by atoms with Gasteiger partial charge in [0.05, 0.1) is 34.0 Å². The molecule has 0 radical (unpaired) electrons. The molecule has 0 aromatic heterocycles. The highest BCUT2D eigenvalue weighted by molar-refractivity contribution is 6.06. The van der Waals surface area contributed by atoms with Crippen molar-refractivity contribution in [2.24, 2.45) is 0 Å². The summed E-state index contributed by atoms with van der Waals surface area (Å²) in [5.74, 6) is 3.32. The summed E-state index contributed by atoms with van der Waals surface area (Å²) in [4.78, 5) is 0. The number of methoxy groups -OCH3 is 4. The van der Waals surface area contributed by atoms with Gasteiger partial charge in [-0.05, 0) is 35.4 Å². The molecule has 190 valence electrons. The normalized spacial score (nSPS) is 10.4. The van der Waals surface area contributed by atoms with Gasteiger partial charge in [-0.2, -0.15) is 0 Å². The molecule has 0 spiro atoms. The minimum atomic E-state index is 0.545. The average Bonchev–Trinajstić information content (AvgIpc) is 2.96. The van der Waals surface area contributed by atoms with Gasteiger partial charge in [0.2, 0.25) is 5.75 Å². The van der Waals surface area contributed by atoms with Gasteiger partial charge >= 0.3 is 0 Å². The van der Waals surface area contributed by atoms with Crippen LogP contribution in [-0.4, -0.2) is 38.9 Å². The van der Waals surface area contributed by atoms with E-state index in [9.17, 15) is 0 Å². The summed E-state index contributed by atoms with van der Waals surface area (Å²) in [6.07, 6.45) is 0. The van der Waals surface area contributed by atoms with Crippen molar-refractivity contribution in [1.82, 2.24) is 0 Å². The Kier molecular flexibility index (Phi) is 8.66. The number of anilines is 1. The number of hydrogen-bond donors (Lipinski definition) is 1. The fourth-order valence-corrected chi connectivity index (χ4v) is 4.25. The van der Waals surface area contributed by atoms with Gasteiger partial charge in [0.1, 0.15) is 13.1 Å². The van der Waals surface area contributed by atoms with E-state index >= 15 is 0 Å². The number of para-hydroxylation sites is 2. The molecule has 0 amide bonds. The van der Waals surface area contributed by atoms with E-state index in [2.05, 4.69) is 58.4 Å². The van der Waals surface area contributed by atoms with E-state index in [1.54, 1.807) is 28.4 Å². The molecule has 0 heterocycles. The second-order valence-electron chi connectivity index (χ2n) is 8.42. The van der Waals surface area contributed by atoms with Gasteiger partial charge in [-0.3, -0.25) is 4.58 Å². The van der Waals surface area contributed by atoms with Crippen molar-refractivity contribution in [3.63, 3.8) is 0 Å². The summed E-state index contributed by atoms with van der Waals surface area (Å²) < 4.78 is 24.9. The third-order valence-corrected chi connectivity index (χ3v) is 6.05. The molecule has 1 N–H and O–H groups in total. The van der Waals surface area contributed by atoms with Crippen LogP contribution in [0.1, 0.15) is 16.7 Å². The Hall–Kier alpha value is -4.45. The Balaban J connectivity index is 1.96. The van der Waals surface area contributed by atoms with Gasteiger partial charge < -0.3 is 18.9 Å². The molecule has 0 fully saturated rings. The largest absolute Gasteiger partial charge is 0.493 e. The molecule has 4 aromatic carbocycles. The zero-order valence-corrected chi connectivity index (χ0v) is 21.7. The fraction of sp³-hybridized carbons (Fsp3) is 0.194. The van der Waals surface area contributed by atoms with E-state index < -0.39 is 0 Å². The molecule has 37 heavy (non-hydrogen) atoms. The molecule has 4 aromatic rings. The highest BCUT2D eigenvalue weighted by Crippen LogP contribution is 2.38. The fourth-order valence-electron chi connectivity index (χ4n) is 4.25. The maximum atomic E-state index is 5.69. The number of nitrogens with zero attached hydrogens (tertiary/aromatic N) is 1. The highest BCUT2D eigenvalue weighted by atomic mass is 16.5. The smallest absolute Gasteiger partial charge is 0.283 e. The van der Waals surface area contributed by atoms with Crippen LogP contribution in [0.15, 0.2) is 97.1 Å². The lowest BCUT2D eigenvalue weighted by Crippen LogP contribution is -2.29. The van der Waals surface area contributed by atoms with E-state index in [1.165, 1.54) is 11.1 Å². The van der Waals surface area contributed by atoms with Crippen LogP contribution < -0.4 is 24.3 Å². The van der Waals surface area contributed by atoms with Crippen molar-refractivity contribution in [3.05, 3.63) is 114 Å². The summed E-state index contributed by atoms with van der Waals surface area (Å²) in [5.41, 5.74) is 4.10. The molecule has 6 heteroatoms. The molecule has 0 unspecified atom stereocenters. The molecule has 0 saturated heterocycles. The molecule has 0 saturated carbocycles. The van der Waals surface area contributed by atoms with Crippen molar-refractivity contribution < 1.29 is 23.5 Å². The number of nitrogens with one attached hydrogen (secondary N) is 1. The highest BCUT2D eigenvalue weighted by Gasteiger charge is 2.24. The van der Waals surface area contributed by atoms with Crippen molar-refractivity contribution in [3.8, 4) is 23.0 Å². The minimum Gasteiger partial charge on any atom is -0.493 e. The summed E-state index contributed by atoms with van der Waals surface area (Å²) >= 11 is 0. The van der Waals surface area contributed by atoms with Gasteiger partial charge in [0.25, 0.3) is 5.84 Å². The van der Waals surface area contributed by atoms with Crippen molar-refractivity contribution in [1.29, 1.82) is 0 Å². The zero-order valence-electron chi connectivity index (χ0n) is 21.7. The lowest BCUT2D eigenvalue weighted by Gasteiger charge is -2.18. The molecular weight excluding hydrogens is 464 g/mol. The van der Waals surface area contributed by atoms with Gasteiger partial charge in [-0.25, -0.2) is 5.32 Å². The number of hydrogen-bond acceptors (Lipinski definition) is 4. The third-order valence-electron chi connectivity index (χ3n) is 6.05. The average molecular weight is 498 g/mol. The topological polar surface area (TPSA) is 52.0 Å². The third kappa shape index (κ3) is 6.22. The molecule has 0 bridgehead atoms. The van der Waals surface area contributed by atoms with E-state index in [4.69, 9.17) is 18.9 Å². The monoisotopic (exact) mass is 497 g/mol. The van der Waals surface area contributed by atoms with Crippen molar-refractivity contribution in [2.45, 2.75) is 13.1 Å². The molecule has 0 aliphatic rings. The van der Waals surface area contributed by atoms with Crippen LogP contribution in [0.2, 0.25) is 0 Å². The first-order chi connectivity index (χ1) is 18.2. The van der Waals surface area contributed by atoms with Crippen LogP contribution in [-0.2, 0) is 13.1 Å². The van der Waals surface area contributed by atoms with Crippen LogP contribution in [0, 0.1) is 0 Å². The summed E-state index contributed by atoms with van der Waals surface area (Å²) in [6.45, 7) is 1.34. The summed E-state index contributed by atoms with van der Waals surface area (Å²) in [5, 5.41) is 3.66. The summed E-state index contributed by atoms with van der Waals surface area (Å²) in [6, 6.07) is 32.6. The maximum absolute atomic E-state index is 5.69. The van der Waals surface area contributed by atoms with Crippen LogP contribution in [0.4, 0.5) is 5.69 Å². The van der Waals surface area contributed by atoms with E-state index in [-0.39, 0.29) is 0 Å². The van der Waals surface area contributed by atoms with Crippen molar-refractivity contribution >= 4 is 11.5 Å². The van der Waals surface area contributed by atoms with Gasteiger partial charge in [0.15, 0.2) is 22.9 Å². The SMILES string of the molecule is COc1ccccc1NC(c1cc(OC)c(OC)c(OC)c1)=[N+](Cc1ccccc1)Cc1ccccc1. The first kappa shape index (κ1) is 25.6. The molecule has 4 rings (SSSR count). The quantitative estimate of drug-likeness (QED) is 0.166. The molecule has 0 atom stereocenters. The molecule has 0 aliphatic carbocycles. The Bertz CT molecular complexity index is 1270. The Labute approximate surface area is 218 Å². The van der Waals surface area contributed by atoms with Gasteiger partial charge in [-0.1, -0.05) is 72.8 Å². The predicted octanol–water partition coefficient (Wildman–Crippen LogP) is 5.99. The lowest BCUT2D eigenvalue weighted by atomic mass is 10.1. The zero-order chi connectivity index (χ0) is 26.0. The number of amidine groups is 1. The summed E-state index contributed by atoms with van der Waals surface area (Å²) in [7, 11) is 6.53. The Morgan fingerprint density at radius 3 is 1.57 bits per heavy atom. The van der Waals surface area contributed by atoms with E-state index in [0.29, 0.717) is 30.3 Å². The van der Waals surface area contributed by atoms with Gasteiger partial charge in [0, 0.05) is 0 Å². The maximum Gasteiger partial charge on any atom is 0.283 e. The predicted molar refractivity (Wildman–Crippen MR) is 147 cm³/mol. The van der Waals surface area contributed by atoms with Crippen molar-refractivity contribution in [2.75, 3.05) is 33.8 Å². The van der Waals surface area contributed by atoms with E-state index in [0.717, 1.165) is 22.8 Å². The Morgan fingerprint density at radius 2 is 1.08 bits per heavy atom. The second kappa shape index (κ2) is 12.5. The minimum absolute atomic E-state index is 0.545.